The lowest BCUT2D eigenvalue weighted by Crippen LogP contribution is -2.33. The van der Waals surface area contributed by atoms with Gasteiger partial charge in [0, 0.05) is 19.7 Å². The van der Waals surface area contributed by atoms with Gasteiger partial charge in [0.1, 0.15) is 0 Å². The van der Waals surface area contributed by atoms with Crippen LogP contribution >= 0.6 is 0 Å². The van der Waals surface area contributed by atoms with Crippen molar-refractivity contribution in [3.05, 3.63) is 35.4 Å². The molecule has 25 heavy (non-hydrogen) atoms. The van der Waals surface area contributed by atoms with Gasteiger partial charge >= 0.3 is 0 Å². The predicted octanol–water partition coefficient (Wildman–Crippen LogP) is 1.00. The van der Waals surface area contributed by atoms with E-state index in [0.29, 0.717) is 11.5 Å². The lowest BCUT2D eigenvalue weighted by atomic mass is 9.87. The second kappa shape index (κ2) is 7.04. The van der Waals surface area contributed by atoms with Crippen LogP contribution in [0.4, 0.5) is 0 Å². The summed E-state index contributed by atoms with van der Waals surface area (Å²) >= 11 is 0. The van der Waals surface area contributed by atoms with E-state index in [0.717, 1.165) is 5.56 Å². The van der Waals surface area contributed by atoms with Crippen LogP contribution in [0.1, 0.15) is 36.7 Å². The highest BCUT2D eigenvalue weighted by atomic mass is 16.2. The number of nitrogens with zero attached hydrogens (tertiary/aromatic N) is 3. The Labute approximate surface area is 147 Å². The van der Waals surface area contributed by atoms with Crippen LogP contribution in [0.5, 0.6) is 0 Å². The molecular formula is C18H24N4O3. The Morgan fingerprint density at radius 2 is 1.76 bits per heavy atom. The summed E-state index contributed by atoms with van der Waals surface area (Å²) in [7, 11) is 3.25. The smallest absolute Gasteiger partial charge is 0.268 e. The molecule has 0 aliphatic carbocycles. The van der Waals surface area contributed by atoms with E-state index in [9.17, 15) is 14.4 Å². The van der Waals surface area contributed by atoms with Crippen molar-refractivity contribution in [1.29, 1.82) is 0 Å². The maximum absolute atomic E-state index is 12.1. The molecule has 0 aromatic heterocycles. The Kier molecular flexibility index (Phi) is 5.25. The molecule has 0 radical (unpaired) electrons. The second-order valence-corrected chi connectivity index (χ2v) is 7.12. The SMILES string of the molecule is CN1CC(=O)N(C)C1=NC(=O)CNC(=O)c1ccc(C(C)(C)C)cc1. The fourth-order valence-corrected chi connectivity index (χ4v) is 2.44. The minimum Gasteiger partial charge on any atom is -0.343 e. The number of likely N-dealkylation sites (N-methyl/N-ethyl adjacent to an activating group) is 2. The third-order valence-corrected chi connectivity index (χ3v) is 4.03. The number of carbonyl (C=O) groups is 3. The van der Waals surface area contributed by atoms with Crippen molar-refractivity contribution in [2.24, 2.45) is 4.99 Å². The monoisotopic (exact) mass is 344 g/mol. The van der Waals surface area contributed by atoms with Crippen molar-refractivity contribution < 1.29 is 14.4 Å². The zero-order valence-electron chi connectivity index (χ0n) is 15.3. The predicted molar refractivity (Wildman–Crippen MR) is 95.3 cm³/mol. The minimum absolute atomic E-state index is 0.0118. The van der Waals surface area contributed by atoms with Gasteiger partial charge in [0.25, 0.3) is 11.8 Å². The topological polar surface area (TPSA) is 82.1 Å². The van der Waals surface area contributed by atoms with Gasteiger partial charge in [0.2, 0.25) is 11.9 Å². The van der Waals surface area contributed by atoms with Crippen LogP contribution in [0.25, 0.3) is 0 Å². The summed E-state index contributed by atoms with van der Waals surface area (Å²) in [5.74, 6) is -0.683. The maximum Gasteiger partial charge on any atom is 0.268 e. The number of hydrogen-bond acceptors (Lipinski definition) is 3. The van der Waals surface area contributed by atoms with Gasteiger partial charge in [-0.05, 0) is 23.1 Å². The molecule has 2 rings (SSSR count). The van der Waals surface area contributed by atoms with Crippen LogP contribution in [0.3, 0.4) is 0 Å². The fourth-order valence-electron chi connectivity index (χ4n) is 2.44. The summed E-state index contributed by atoms with van der Waals surface area (Å²) in [6.45, 7) is 6.26. The van der Waals surface area contributed by atoms with E-state index < -0.39 is 5.91 Å². The molecule has 134 valence electrons. The lowest BCUT2D eigenvalue weighted by Gasteiger charge is -2.19. The quantitative estimate of drug-likeness (QED) is 0.887. The number of aliphatic imine (C=N–C) groups is 1. The summed E-state index contributed by atoms with van der Waals surface area (Å²) in [5, 5.41) is 2.55. The van der Waals surface area contributed by atoms with Gasteiger partial charge in [-0.1, -0.05) is 32.9 Å². The number of guanidine groups is 1. The standard InChI is InChI=1S/C18H24N4O3/c1-18(2,3)13-8-6-12(7-9-13)16(25)19-10-14(23)20-17-21(4)11-15(24)22(17)5/h6-9H,10-11H2,1-5H3,(H,19,25). The highest BCUT2D eigenvalue weighted by Crippen LogP contribution is 2.22. The minimum atomic E-state index is -0.511. The van der Waals surface area contributed by atoms with Gasteiger partial charge in [0.15, 0.2) is 0 Å². The molecule has 7 nitrogen and oxygen atoms in total. The number of amides is 3. The number of rotatable bonds is 3. The van der Waals surface area contributed by atoms with Gasteiger partial charge < -0.3 is 10.2 Å². The molecule has 1 heterocycles. The first-order valence-corrected chi connectivity index (χ1v) is 8.07. The van der Waals surface area contributed by atoms with Crippen LogP contribution in [0, 0.1) is 0 Å². The molecule has 0 spiro atoms. The van der Waals surface area contributed by atoms with Gasteiger partial charge in [-0.2, -0.15) is 4.99 Å². The van der Waals surface area contributed by atoms with E-state index in [1.807, 2.05) is 12.1 Å². The van der Waals surface area contributed by atoms with Gasteiger partial charge in [-0.25, -0.2) is 0 Å². The third-order valence-electron chi connectivity index (χ3n) is 4.03. The second-order valence-electron chi connectivity index (χ2n) is 7.12. The third kappa shape index (κ3) is 4.43. The van der Waals surface area contributed by atoms with E-state index in [1.54, 1.807) is 31.1 Å². The molecule has 1 aromatic rings. The zero-order valence-corrected chi connectivity index (χ0v) is 15.3. The molecule has 7 heteroatoms. The fraction of sp³-hybridized carbons (Fsp3) is 0.444. The summed E-state index contributed by atoms with van der Waals surface area (Å²) in [5.41, 5.74) is 1.62. The molecule has 0 unspecified atom stereocenters. The Morgan fingerprint density at radius 3 is 2.24 bits per heavy atom. The number of nitrogens with one attached hydrogen (secondary N) is 1. The van der Waals surface area contributed by atoms with Crippen LogP contribution in [-0.4, -0.2) is 60.7 Å². The van der Waals surface area contributed by atoms with E-state index in [1.165, 1.54) is 4.90 Å². The molecule has 0 saturated carbocycles. The number of benzene rings is 1. The molecule has 1 aliphatic rings. The summed E-state index contributed by atoms with van der Waals surface area (Å²) in [4.78, 5) is 42.4. The zero-order chi connectivity index (χ0) is 18.8. The summed E-state index contributed by atoms with van der Waals surface area (Å²) in [6, 6.07) is 7.29. The normalized spacial score (nSPS) is 16.5. The molecule has 1 fully saturated rings. The van der Waals surface area contributed by atoms with Crippen LogP contribution < -0.4 is 5.32 Å². The summed E-state index contributed by atoms with van der Waals surface area (Å²) < 4.78 is 0. The first kappa shape index (κ1) is 18.6. The average Bonchev–Trinajstić information content (AvgIpc) is 2.78. The first-order chi connectivity index (χ1) is 11.6. The van der Waals surface area contributed by atoms with Gasteiger partial charge in [-0.15, -0.1) is 0 Å². The van der Waals surface area contributed by atoms with Crippen LogP contribution in [0.2, 0.25) is 0 Å². The molecule has 1 aliphatic heterocycles. The molecular weight excluding hydrogens is 320 g/mol. The molecule has 0 atom stereocenters. The average molecular weight is 344 g/mol. The van der Waals surface area contributed by atoms with E-state index >= 15 is 0 Å². The van der Waals surface area contributed by atoms with Gasteiger partial charge in [0.05, 0.1) is 13.1 Å². The highest BCUT2D eigenvalue weighted by Gasteiger charge is 2.29. The number of hydrogen-bond donors (Lipinski definition) is 1. The van der Waals surface area contributed by atoms with E-state index in [-0.39, 0.29) is 30.3 Å². The van der Waals surface area contributed by atoms with Crippen molar-refractivity contribution >= 4 is 23.7 Å². The molecule has 3 amide bonds. The summed E-state index contributed by atoms with van der Waals surface area (Å²) in [6.07, 6.45) is 0. The van der Waals surface area contributed by atoms with Crippen molar-refractivity contribution in [1.82, 2.24) is 15.1 Å². The highest BCUT2D eigenvalue weighted by molar-refractivity contribution is 6.08. The largest absolute Gasteiger partial charge is 0.343 e. The van der Waals surface area contributed by atoms with Crippen molar-refractivity contribution in [2.75, 3.05) is 27.2 Å². The van der Waals surface area contributed by atoms with Crippen molar-refractivity contribution in [3.8, 4) is 0 Å². The Balaban J connectivity index is 1.96. The van der Waals surface area contributed by atoms with Crippen LogP contribution in [-0.2, 0) is 15.0 Å². The molecule has 0 bridgehead atoms. The Bertz CT molecular complexity index is 717. The lowest BCUT2D eigenvalue weighted by molar-refractivity contribution is -0.124. The van der Waals surface area contributed by atoms with Gasteiger partial charge in [-0.3, -0.25) is 19.3 Å². The number of carbonyl (C=O) groups excluding carboxylic acids is 3. The van der Waals surface area contributed by atoms with E-state index in [4.69, 9.17) is 0 Å². The Morgan fingerprint density at radius 1 is 1.16 bits per heavy atom. The molecule has 1 saturated heterocycles. The molecule has 1 aromatic carbocycles. The van der Waals surface area contributed by atoms with Crippen molar-refractivity contribution in [2.45, 2.75) is 26.2 Å². The molecule has 1 N–H and O–H groups in total. The Hall–Kier alpha value is -2.70. The first-order valence-electron chi connectivity index (χ1n) is 8.07. The van der Waals surface area contributed by atoms with Crippen molar-refractivity contribution in [3.63, 3.8) is 0 Å². The van der Waals surface area contributed by atoms with E-state index in [2.05, 4.69) is 31.1 Å². The maximum atomic E-state index is 12.1. The van der Waals surface area contributed by atoms with Crippen LogP contribution in [0.15, 0.2) is 29.3 Å².